The van der Waals surface area contributed by atoms with Crippen LogP contribution in [0.1, 0.15) is 13.3 Å². The fourth-order valence-corrected chi connectivity index (χ4v) is 1.19. The quantitative estimate of drug-likeness (QED) is 0.403. The van der Waals surface area contributed by atoms with Crippen LogP contribution in [0.3, 0.4) is 0 Å². The van der Waals surface area contributed by atoms with Crippen LogP contribution in [0.2, 0.25) is 0 Å². The largest absolute Gasteiger partial charge is 0.346 e. The van der Waals surface area contributed by atoms with Crippen LogP contribution in [0.15, 0.2) is 0 Å². The van der Waals surface area contributed by atoms with Crippen LogP contribution in [0.25, 0.3) is 0 Å². The molecule has 0 aromatic rings. The van der Waals surface area contributed by atoms with Crippen molar-refractivity contribution in [2.24, 2.45) is 5.92 Å². The topological polar surface area (TPSA) is 58.6 Å². The molecule has 0 saturated carbocycles. The Labute approximate surface area is 59.1 Å². The first-order chi connectivity index (χ1) is 4.74. The van der Waals surface area contributed by atoms with Crippen molar-refractivity contribution >= 4 is 5.97 Å². The molecule has 0 radical (unpaired) electrons. The molecule has 1 saturated heterocycles. The first-order valence-electron chi connectivity index (χ1n) is 3.32. The first kappa shape index (κ1) is 7.50. The summed E-state index contributed by atoms with van der Waals surface area (Å²) < 4.78 is 0. The van der Waals surface area contributed by atoms with Crippen molar-refractivity contribution in [3.63, 3.8) is 0 Å². The molecular formula is C6H11NO3. The molecule has 2 atom stereocenters. The summed E-state index contributed by atoms with van der Waals surface area (Å²) >= 11 is 0. The Balaban J connectivity index is 2.37. The van der Waals surface area contributed by atoms with Crippen LogP contribution in [0.4, 0.5) is 0 Å². The van der Waals surface area contributed by atoms with E-state index in [9.17, 15) is 4.79 Å². The molecule has 2 N–H and O–H groups in total. The van der Waals surface area contributed by atoms with Gasteiger partial charge in [-0.3, -0.25) is 0 Å². The van der Waals surface area contributed by atoms with Gasteiger partial charge >= 0.3 is 5.97 Å². The van der Waals surface area contributed by atoms with Crippen LogP contribution in [0, 0.1) is 5.92 Å². The van der Waals surface area contributed by atoms with E-state index in [1.165, 1.54) is 0 Å². The van der Waals surface area contributed by atoms with Gasteiger partial charge in [0, 0.05) is 12.6 Å². The summed E-state index contributed by atoms with van der Waals surface area (Å²) in [6, 6.07) is 0.351. The summed E-state index contributed by atoms with van der Waals surface area (Å²) in [5, 5.41) is 11.1. The van der Waals surface area contributed by atoms with Crippen molar-refractivity contribution in [2.45, 2.75) is 19.4 Å². The molecule has 4 heteroatoms. The summed E-state index contributed by atoms with van der Waals surface area (Å²) in [5.74, 6) is -0.697. The lowest BCUT2D eigenvalue weighted by Crippen LogP contribution is -2.19. The van der Waals surface area contributed by atoms with Gasteiger partial charge in [-0.05, 0) is 13.3 Å². The SMILES string of the molecule is C[C@@H]1CC(C(=O)OO)CN1. The van der Waals surface area contributed by atoms with Gasteiger partial charge in [0.2, 0.25) is 0 Å². The predicted molar refractivity (Wildman–Crippen MR) is 34.3 cm³/mol. The van der Waals surface area contributed by atoms with Gasteiger partial charge in [0.05, 0.1) is 5.92 Å². The molecule has 4 nitrogen and oxygen atoms in total. The highest BCUT2D eigenvalue weighted by molar-refractivity contribution is 5.72. The van der Waals surface area contributed by atoms with E-state index < -0.39 is 5.97 Å². The van der Waals surface area contributed by atoms with Crippen molar-refractivity contribution in [1.82, 2.24) is 5.32 Å². The fraction of sp³-hybridized carbons (Fsp3) is 0.833. The number of nitrogens with one attached hydrogen (secondary N) is 1. The lowest BCUT2D eigenvalue weighted by atomic mass is 10.1. The minimum absolute atomic E-state index is 0.167. The zero-order valence-corrected chi connectivity index (χ0v) is 5.83. The summed E-state index contributed by atoms with van der Waals surface area (Å²) in [6.07, 6.45) is 0.749. The third-order valence-corrected chi connectivity index (χ3v) is 1.77. The lowest BCUT2D eigenvalue weighted by molar-refractivity contribution is -0.238. The number of carbonyl (C=O) groups excluding carboxylic acids is 1. The Bertz CT molecular complexity index is 137. The van der Waals surface area contributed by atoms with Crippen molar-refractivity contribution in [3.8, 4) is 0 Å². The van der Waals surface area contributed by atoms with Crippen LogP contribution in [-0.4, -0.2) is 23.8 Å². The standard InChI is InChI=1S/C6H11NO3/c1-4-2-5(3-7-4)6(8)10-9/h4-5,7,9H,2-3H2,1H3/t4-,5?/m1/s1. The molecule has 1 fully saturated rings. The molecule has 0 aromatic heterocycles. The molecule has 0 amide bonds. The van der Waals surface area contributed by atoms with Gasteiger partial charge in [-0.2, -0.15) is 5.26 Å². The average molecular weight is 145 g/mol. The van der Waals surface area contributed by atoms with Crippen molar-refractivity contribution < 1.29 is 14.9 Å². The second-order valence-electron chi connectivity index (χ2n) is 2.65. The van der Waals surface area contributed by atoms with Gasteiger partial charge in [-0.15, -0.1) is 0 Å². The molecular weight excluding hydrogens is 134 g/mol. The Morgan fingerprint density at radius 2 is 2.50 bits per heavy atom. The van der Waals surface area contributed by atoms with E-state index in [1.807, 2.05) is 6.92 Å². The minimum Gasteiger partial charge on any atom is -0.313 e. The smallest absolute Gasteiger partial charge is 0.313 e. The normalized spacial score (nSPS) is 32.2. The molecule has 1 heterocycles. The van der Waals surface area contributed by atoms with E-state index in [-0.39, 0.29) is 5.92 Å². The van der Waals surface area contributed by atoms with E-state index in [4.69, 9.17) is 5.26 Å². The minimum atomic E-state index is -0.531. The number of rotatable bonds is 1. The second kappa shape index (κ2) is 2.98. The molecule has 0 aliphatic carbocycles. The first-order valence-corrected chi connectivity index (χ1v) is 3.32. The fourth-order valence-electron chi connectivity index (χ4n) is 1.19. The van der Waals surface area contributed by atoms with E-state index in [0.29, 0.717) is 12.6 Å². The summed E-state index contributed by atoms with van der Waals surface area (Å²) in [5.41, 5.74) is 0. The van der Waals surface area contributed by atoms with Gasteiger partial charge in [-0.1, -0.05) is 0 Å². The maximum Gasteiger partial charge on any atom is 0.346 e. The van der Waals surface area contributed by atoms with Crippen LogP contribution in [-0.2, 0) is 9.68 Å². The Kier molecular flexibility index (Phi) is 2.24. The molecule has 0 bridgehead atoms. The molecule has 10 heavy (non-hydrogen) atoms. The van der Waals surface area contributed by atoms with Crippen LogP contribution >= 0.6 is 0 Å². The summed E-state index contributed by atoms with van der Waals surface area (Å²) in [7, 11) is 0. The molecule has 1 aliphatic heterocycles. The van der Waals surface area contributed by atoms with Gasteiger partial charge in [-0.25, -0.2) is 4.79 Å². The third kappa shape index (κ3) is 1.46. The van der Waals surface area contributed by atoms with Gasteiger partial charge in [0.25, 0.3) is 0 Å². The van der Waals surface area contributed by atoms with E-state index >= 15 is 0 Å². The molecule has 1 aliphatic rings. The average Bonchev–Trinajstić information content (AvgIpc) is 2.34. The van der Waals surface area contributed by atoms with Gasteiger partial charge in [0.15, 0.2) is 0 Å². The number of carbonyl (C=O) groups is 1. The van der Waals surface area contributed by atoms with Crippen molar-refractivity contribution in [3.05, 3.63) is 0 Å². The zero-order valence-electron chi connectivity index (χ0n) is 5.83. The highest BCUT2D eigenvalue weighted by atomic mass is 17.1. The maximum atomic E-state index is 10.6. The zero-order chi connectivity index (χ0) is 7.56. The molecule has 0 aromatic carbocycles. The van der Waals surface area contributed by atoms with Crippen molar-refractivity contribution in [2.75, 3.05) is 6.54 Å². The monoisotopic (exact) mass is 145 g/mol. The van der Waals surface area contributed by atoms with Crippen LogP contribution in [0.5, 0.6) is 0 Å². The van der Waals surface area contributed by atoms with E-state index in [1.54, 1.807) is 0 Å². The number of hydrogen-bond acceptors (Lipinski definition) is 4. The Morgan fingerprint density at radius 1 is 1.80 bits per heavy atom. The van der Waals surface area contributed by atoms with Gasteiger partial charge < -0.3 is 10.2 Å². The highest BCUT2D eigenvalue weighted by Crippen LogP contribution is 2.13. The maximum absolute atomic E-state index is 10.6. The number of hydrogen-bond donors (Lipinski definition) is 2. The van der Waals surface area contributed by atoms with Gasteiger partial charge in [0.1, 0.15) is 0 Å². The molecule has 1 unspecified atom stereocenters. The summed E-state index contributed by atoms with van der Waals surface area (Å²) in [4.78, 5) is 14.3. The van der Waals surface area contributed by atoms with Crippen LogP contribution < -0.4 is 5.32 Å². The van der Waals surface area contributed by atoms with Crippen molar-refractivity contribution in [1.29, 1.82) is 0 Å². The second-order valence-corrected chi connectivity index (χ2v) is 2.65. The predicted octanol–water partition coefficient (Wildman–Crippen LogP) is 0.000600. The highest BCUT2D eigenvalue weighted by Gasteiger charge is 2.28. The van der Waals surface area contributed by atoms with E-state index in [2.05, 4.69) is 10.2 Å². The molecule has 58 valence electrons. The van der Waals surface area contributed by atoms with E-state index in [0.717, 1.165) is 6.42 Å². The molecule has 1 rings (SSSR count). The Morgan fingerprint density at radius 3 is 2.90 bits per heavy atom. The molecule has 0 spiro atoms. The lowest BCUT2D eigenvalue weighted by Gasteiger charge is -2.01. The Hall–Kier alpha value is -0.610. The third-order valence-electron chi connectivity index (χ3n) is 1.77. The summed E-state index contributed by atoms with van der Waals surface area (Å²) in [6.45, 7) is 2.60.